The molecule has 1 aliphatic carbocycles. The van der Waals surface area contributed by atoms with Gasteiger partial charge in [0.1, 0.15) is 11.4 Å². The summed E-state index contributed by atoms with van der Waals surface area (Å²) in [6, 6.07) is 4.96. The fourth-order valence-electron chi connectivity index (χ4n) is 2.31. The third-order valence-corrected chi connectivity index (χ3v) is 3.32. The van der Waals surface area contributed by atoms with Crippen molar-refractivity contribution in [2.75, 3.05) is 6.54 Å². The molecule has 94 valence electrons. The van der Waals surface area contributed by atoms with Crippen LogP contribution in [0.2, 0.25) is 0 Å². The zero-order valence-corrected chi connectivity index (χ0v) is 10.7. The number of aliphatic hydroxyl groups is 1. The third-order valence-electron chi connectivity index (χ3n) is 3.32. The maximum Gasteiger partial charge on any atom is 0.126 e. The number of β-amino-alcohol motifs (C(OH)–C–C–N with tert-alkyl or cyclic N) is 1. The maximum atomic E-state index is 13.6. The lowest BCUT2D eigenvalue weighted by Crippen LogP contribution is -2.45. The molecule has 0 bridgehead atoms. The Hall–Kier alpha value is -0.930. The summed E-state index contributed by atoms with van der Waals surface area (Å²) in [6.45, 7) is 6.63. The van der Waals surface area contributed by atoms with Gasteiger partial charge in [-0.25, -0.2) is 4.39 Å². The Morgan fingerprint density at radius 1 is 1.41 bits per heavy atom. The first kappa shape index (κ1) is 12.5. The van der Waals surface area contributed by atoms with Gasteiger partial charge in [-0.1, -0.05) is 12.1 Å². The zero-order valence-electron chi connectivity index (χ0n) is 10.7. The molecular formula is C14H20FNO. The van der Waals surface area contributed by atoms with Gasteiger partial charge in [0.15, 0.2) is 0 Å². The van der Waals surface area contributed by atoms with Crippen LogP contribution in [0.1, 0.15) is 38.3 Å². The number of halogens is 1. The van der Waals surface area contributed by atoms with Gasteiger partial charge in [0.2, 0.25) is 0 Å². The molecule has 0 radical (unpaired) electrons. The number of hydrogen-bond acceptors (Lipinski definition) is 2. The van der Waals surface area contributed by atoms with Gasteiger partial charge >= 0.3 is 0 Å². The number of benzene rings is 1. The minimum absolute atomic E-state index is 0.0498. The van der Waals surface area contributed by atoms with Crippen LogP contribution in [0.5, 0.6) is 0 Å². The Morgan fingerprint density at radius 2 is 2.12 bits per heavy atom. The maximum absolute atomic E-state index is 13.6. The van der Waals surface area contributed by atoms with Gasteiger partial charge in [-0.15, -0.1) is 0 Å². The highest BCUT2D eigenvalue weighted by atomic mass is 19.1. The van der Waals surface area contributed by atoms with Crippen molar-refractivity contribution in [3.05, 3.63) is 35.1 Å². The number of hydrogen-bond donors (Lipinski definition) is 2. The van der Waals surface area contributed by atoms with E-state index in [1.165, 1.54) is 6.07 Å². The van der Waals surface area contributed by atoms with E-state index in [4.69, 9.17) is 0 Å². The minimum Gasteiger partial charge on any atom is -0.384 e. The van der Waals surface area contributed by atoms with E-state index < -0.39 is 5.60 Å². The Labute approximate surface area is 102 Å². The molecule has 0 aliphatic heterocycles. The van der Waals surface area contributed by atoms with Crippen LogP contribution in [0.25, 0.3) is 0 Å². The molecule has 2 nitrogen and oxygen atoms in total. The van der Waals surface area contributed by atoms with E-state index in [0.29, 0.717) is 24.9 Å². The summed E-state index contributed by atoms with van der Waals surface area (Å²) in [5, 5.41) is 13.9. The minimum atomic E-state index is -0.926. The molecule has 0 saturated heterocycles. The summed E-state index contributed by atoms with van der Waals surface area (Å²) in [4.78, 5) is 0. The predicted molar refractivity (Wildman–Crippen MR) is 66.4 cm³/mol. The van der Waals surface area contributed by atoms with E-state index in [2.05, 4.69) is 26.1 Å². The number of nitrogens with one attached hydrogen (secondary N) is 1. The number of rotatable bonds is 2. The van der Waals surface area contributed by atoms with Crippen molar-refractivity contribution in [3.8, 4) is 0 Å². The van der Waals surface area contributed by atoms with Crippen LogP contribution < -0.4 is 5.32 Å². The molecule has 3 heteroatoms. The molecule has 1 atom stereocenters. The first-order chi connectivity index (χ1) is 7.82. The monoisotopic (exact) mass is 237 g/mol. The molecule has 0 heterocycles. The lowest BCUT2D eigenvalue weighted by molar-refractivity contribution is 0.0325. The van der Waals surface area contributed by atoms with Crippen LogP contribution in [0.4, 0.5) is 4.39 Å². The molecule has 1 aromatic carbocycles. The fourth-order valence-corrected chi connectivity index (χ4v) is 2.31. The standard InChI is InChI=1S/C14H20FNO/c1-13(2,3)16-9-14(17)8-7-10-11(14)5-4-6-12(10)15/h4-6,16-17H,7-9H2,1-3H3. The van der Waals surface area contributed by atoms with Gasteiger partial charge in [0.05, 0.1) is 0 Å². The Kier molecular flexibility index (Phi) is 3.00. The molecule has 2 N–H and O–H groups in total. The van der Waals surface area contributed by atoms with Gasteiger partial charge in [0, 0.05) is 12.1 Å². The van der Waals surface area contributed by atoms with Crippen molar-refractivity contribution in [1.82, 2.24) is 5.32 Å². The van der Waals surface area contributed by atoms with Crippen molar-refractivity contribution < 1.29 is 9.50 Å². The van der Waals surface area contributed by atoms with E-state index in [-0.39, 0.29) is 11.4 Å². The van der Waals surface area contributed by atoms with Gasteiger partial charge < -0.3 is 10.4 Å². The summed E-state index contributed by atoms with van der Waals surface area (Å²) in [6.07, 6.45) is 1.21. The van der Waals surface area contributed by atoms with Crippen LogP contribution in [0.3, 0.4) is 0 Å². The van der Waals surface area contributed by atoms with Crippen LogP contribution in [0.15, 0.2) is 18.2 Å². The molecule has 1 aliphatic rings. The third kappa shape index (κ3) is 2.50. The van der Waals surface area contributed by atoms with Gasteiger partial charge in [-0.05, 0) is 50.8 Å². The Balaban J connectivity index is 2.23. The zero-order chi connectivity index (χ0) is 12.7. The van der Waals surface area contributed by atoms with Crippen molar-refractivity contribution in [1.29, 1.82) is 0 Å². The molecule has 1 unspecified atom stereocenters. The fraction of sp³-hybridized carbons (Fsp3) is 0.571. The Morgan fingerprint density at radius 3 is 2.76 bits per heavy atom. The molecule has 0 fully saturated rings. The summed E-state index contributed by atoms with van der Waals surface area (Å²) >= 11 is 0. The van der Waals surface area contributed by atoms with Crippen LogP contribution in [0, 0.1) is 5.82 Å². The second-order valence-corrected chi connectivity index (χ2v) is 5.90. The molecule has 0 spiro atoms. The first-order valence-electron chi connectivity index (χ1n) is 6.07. The quantitative estimate of drug-likeness (QED) is 0.827. The second kappa shape index (κ2) is 4.07. The molecule has 0 amide bonds. The topological polar surface area (TPSA) is 32.3 Å². The van der Waals surface area contributed by atoms with E-state index in [0.717, 1.165) is 5.56 Å². The van der Waals surface area contributed by atoms with Crippen LogP contribution in [-0.4, -0.2) is 17.2 Å². The normalized spacial score (nSPS) is 23.8. The summed E-state index contributed by atoms with van der Waals surface area (Å²) in [5.41, 5.74) is 0.441. The van der Waals surface area contributed by atoms with Gasteiger partial charge in [-0.3, -0.25) is 0 Å². The van der Waals surface area contributed by atoms with E-state index in [9.17, 15) is 9.50 Å². The molecule has 2 rings (SSSR count). The highest BCUT2D eigenvalue weighted by molar-refractivity contribution is 5.38. The SMILES string of the molecule is CC(C)(C)NCC1(O)CCc2c(F)cccc21. The molecular weight excluding hydrogens is 217 g/mol. The molecule has 0 saturated carbocycles. The highest BCUT2D eigenvalue weighted by Crippen LogP contribution is 2.37. The van der Waals surface area contributed by atoms with Crippen LogP contribution in [-0.2, 0) is 12.0 Å². The molecule has 0 aromatic heterocycles. The van der Waals surface area contributed by atoms with Crippen molar-refractivity contribution in [2.24, 2.45) is 0 Å². The second-order valence-electron chi connectivity index (χ2n) is 5.90. The molecule has 1 aromatic rings. The average molecular weight is 237 g/mol. The molecule has 17 heavy (non-hydrogen) atoms. The largest absolute Gasteiger partial charge is 0.384 e. The first-order valence-corrected chi connectivity index (χ1v) is 6.07. The van der Waals surface area contributed by atoms with Crippen molar-refractivity contribution in [3.63, 3.8) is 0 Å². The van der Waals surface area contributed by atoms with Crippen molar-refractivity contribution in [2.45, 2.75) is 44.8 Å². The summed E-state index contributed by atoms with van der Waals surface area (Å²) in [5.74, 6) is -0.200. The summed E-state index contributed by atoms with van der Waals surface area (Å²) in [7, 11) is 0. The van der Waals surface area contributed by atoms with Gasteiger partial charge in [0.25, 0.3) is 0 Å². The lowest BCUT2D eigenvalue weighted by atomic mass is 9.94. The smallest absolute Gasteiger partial charge is 0.126 e. The predicted octanol–water partition coefficient (Wildman–Crippen LogP) is 2.35. The number of fused-ring (bicyclic) bond motifs is 1. The van der Waals surface area contributed by atoms with Crippen molar-refractivity contribution >= 4 is 0 Å². The van der Waals surface area contributed by atoms with E-state index >= 15 is 0 Å². The van der Waals surface area contributed by atoms with Crippen LogP contribution >= 0.6 is 0 Å². The summed E-state index contributed by atoms with van der Waals surface area (Å²) < 4.78 is 13.6. The van der Waals surface area contributed by atoms with E-state index in [1.54, 1.807) is 6.07 Å². The lowest BCUT2D eigenvalue weighted by Gasteiger charge is -2.30. The highest BCUT2D eigenvalue weighted by Gasteiger charge is 2.38. The average Bonchev–Trinajstić information content (AvgIpc) is 2.56. The van der Waals surface area contributed by atoms with Gasteiger partial charge in [-0.2, -0.15) is 0 Å². The Bertz CT molecular complexity index is 425. The van der Waals surface area contributed by atoms with E-state index in [1.807, 2.05) is 6.07 Å².